The third kappa shape index (κ3) is 45.7. The van der Waals surface area contributed by atoms with E-state index in [1.165, 1.54) is 173 Å². The van der Waals surface area contributed by atoms with Crippen LogP contribution in [0.15, 0.2) is 24.3 Å². The minimum Gasteiger partial charge on any atom is -0.466 e. The maximum Gasteiger partial charge on any atom is 0.305 e. The van der Waals surface area contributed by atoms with Crippen LogP contribution >= 0.6 is 0 Å². The molecule has 0 aliphatic carbocycles. The van der Waals surface area contributed by atoms with Crippen molar-refractivity contribution in [3.63, 3.8) is 0 Å². The number of carbonyl (C=O) groups excluding carboxylic acids is 2. The first-order valence-corrected chi connectivity index (χ1v) is 26.1. The number of nitrogens with one attached hydrogen (secondary N) is 1. The largest absolute Gasteiger partial charge is 0.466 e. The fourth-order valence-corrected chi connectivity index (χ4v) is 7.95. The SMILES string of the molecule is CCCC/C=C\C/C=C\CCCCCCCC(=O)OCCCCCCCCCCCCCCC(=O)NC(CO)C(O)CCCCCCCCCCCCCCCCCC. The number of hydrogen-bond donors (Lipinski definition) is 3. The number of amides is 1. The predicted molar refractivity (Wildman–Crippen MR) is 255 cm³/mol. The van der Waals surface area contributed by atoms with Gasteiger partial charge in [-0.3, -0.25) is 9.59 Å². The lowest BCUT2D eigenvalue weighted by Crippen LogP contribution is -2.45. The van der Waals surface area contributed by atoms with Gasteiger partial charge in [-0.2, -0.15) is 0 Å². The Hall–Kier alpha value is -1.66. The van der Waals surface area contributed by atoms with Crippen LogP contribution in [0, 0.1) is 0 Å². The fraction of sp³-hybridized carbons (Fsp3) is 0.887. The zero-order chi connectivity index (χ0) is 43.0. The zero-order valence-electron chi connectivity index (χ0n) is 39.5. The number of unbranched alkanes of at least 4 members (excludes halogenated alkanes) is 33. The van der Waals surface area contributed by atoms with Gasteiger partial charge in [0.1, 0.15) is 0 Å². The van der Waals surface area contributed by atoms with Crippen LogP contribution in [0.3, 0.4) is 0 Å². The van der Waals surface area contributed by atoms with Gasteiger partial charge < -0.3 is 20.3 Å². The Morgan fingerprint density at radius 2 is 0.864 bits per heavy atom. The Balaban J connectivity index is 3.47. The molecule has 0 aliphatic heterocycles. The molecule has 0 aromatic carbocycles. The molecule has 6 heteroatoms. The van der Waals surface area contributed by atoms with E-state index in [4.69, 9.17) is 4.74 Å². The molecule has 2 atom stereocenters. The highest BCUT2D eigenvalue weighted by Gasteiger charge is 2.20. The van der Waals surface area contributed by atoms with E-state index in [1.54, 1.807) is 0 Å². The first-order valence-electron chi connectivity index (χ1n) is 26.1. The van der Waals surface area contributed by atoms with Crippen molar-refractivity contribution in [1.29, 1.82) is 0 Å². The van der Waals surface area contributed by atoms with E-state index in [0.29, 0.717) is 25.9 Å². The third-order valence-corrected chi connectivity index (χ3v) is 12.0. The molecule has 3 N–H and O–H groups in total. The fourth-order valence-electron chi connectivity index (χ4n) is 7.95. The summed E-state index contributed by atoms with van der Waals surface area (Å²) in [6.07, 6.45) is 57.1. The summed E-state index contributed by atoms with van der Waals surface area (Å²) < 4.78 is 5.45. The minimum absolute atomic E-state index is 0.0237. The van der Waals surface area contributed by atoms with Crippen LogP contribution in [0.5, 0.6) is 0 Å². The van der Waals surface area contributed by atoms with Gasteiger partial charge in [0.2, 0.25) is 5.91 Å². The second-order valence-corrected chi connectivity index (χ2v) is 17.9. The predicted octanol–water partition coefficient (Wildman–Crippen LogP) is 15.5. The summed E-state index contributed by atoms with van der Waals surface area (Å²) in [7, 11) is 0. The van der Waals surface area contributed by atoms with Crippen LogP contribution < -0.4 is 5.32 Å². The van der Waals surface area contributed by atoms with Crippen molar-refractivity contribution in [2.75, 3.05) is 13.2 Å². The van der Waals surface area contributed by atoms with Crippen molar-refractivity contribution in [2.45, 2.75) is 289 Å². The van der Waals surface area contributed by atoms with Crippen LogP contribution in [0.1, 0.15) is 277 Å². The molecule has 0 bridgehead atoms. The molecule has 2 unspecified atom stereocenters. The summed E-state index contributed by atoms with van der Waals surface area (Å²) in [5, 5.41) is 23.2. The molecule has 0 aromatic rings. The molecule has 6 nitrogen and oxygen atoms in total. The number of allylic oxidation sites excluding steroid dienone is 4. The number of hydrogen-bond acceptors (Lipinski definition) is 5. The highest BCUT2D eigenvalue weighted by atomic mass is 16.5. The normalized spacial score (nSPS) is 12.8. The van der Waals surface area contributed by atoms with Gasteiger partial charge in [0.15, 0.2) is 0 Å². The lowest BCUT2D eigenvalue weighted by atomic mass is 10.0. The molecule has 0 radical (unpaired) electrons. The molecular formula is C53H101NO5. The average Bonchev–Trinajstić information content (AvgIpc) is 3.24. The van der Waals surface area contributed by atoms with Gasteiger partial charge in [0, 0.05) is 12.8 Å². The van der Waals surface area contributed by atoms with Crippen LogP contribution in [0.4, 0.5) is 0 Å². The molecule has 59 heavy (non-hydrogen) atoms. The van der Waals surface area contributed by atoms with E-state index in [0.717, 1.165) is 70.6 Å². The molecule has 0 saturated heterocycles. The van der Waals surface area contributed by atoms with Crippen LogP contribution in [0.2, 0.25) is 0 Å². The summed E-state index contributed by atoms with van der Waals surface area (Å²) in [5.41, 5.74) is 0. The number of carbonyl (C=O) groups is 2. The minimum atomic E-state index is -0.675. The summed E-state index contributed by atoms with van der Waals surface area (Å²) in [6.45, 7) is 4.88. The maximum atomic E-state index is 12.5. The quantitative estimate of drug-likeness (QED) is 0.0322. The van der Waals surface area contributed by atoms with Crippen molar-refractivity contribution >= 4 is 11.9 Å². The third-order valence-electron chi connectivity index (χ3n) is 12.0. The lowest BCUT2D eigenvalue weighted by Gasteiger charge is -2.22. The summed E-state index contributed by atoms with van der Waals surface area (Å²) in [4.78, 5) is 24.5. The summed E-state index contributed by atoms with van der Waals surface area (Å²) >= 11 is 0. The Morgan fingerprint density at radius 3 is 1.34 bits per heavy atom. The lowest BCUT2D eigenvalue weighted by molar-refractivity contribution is -0.143. The smallest absolute Gasteiger partial charge is 0.305 e. The van der Waals surface area contributed by atoms with E-state index < -0.39 is 12.1 Å². The van der Waals surface area contributed by atoms with E-state index >= 15 is 0 Å². The Morgan fingerprint density at radius 1 is 0.475 bits per heavy atom. The van der Waals surface area contributed by atoms with E-state index in [-0.39, 0.29) is 18.5 Å². The van der Waals surface area contributed by atoms with Crippen molar-refractivity contribution in [1.82, 2.24) is 5.32 Å². The number of aliphatic hydroxyl groups excluding tert-OH is 2. The second-order valence-electron chi connectivity index (χ2n) is 17.9. The van der Waals surface area contributed by atoms with Gasteiger partial charge in [0.25, 0.3) is 0 Å². The van der Waals surface area contributed by atoms with E-state index in [9.17, 15) is 19.8 Å². The van der Waals surface area contributed by atoms with E-state index in [2.05, 4.69) is 43.5 Å². The Labute approximate surface area is 367 Å². The highest BCUT2D eigenvalue weighted by Crippen LogP contribution is 2.16. The van der Waals surface area contributed by atoms with Crippen LogP contribution in [0.25, 0.3) is 0 Å². The first-order chi connectivity index (χ1) is 29.0. The van der Waals surface area contributed by atoms with Gasteiger partial charge in [-0.1, -0.05) is 237 Å². The molecule has 0 fully saturated rings. The van der Waals surface area contributed by atoms with Crippen LogP contribution in [-0.2, 0) is 14.3 Å². The molecule has 0 saturated carbocycles. The molecule has 1 amide bonds. The zero-order valence-corrected chi connectivity index (χ0v) is 39.5. The molecule has 0 aliphatic rings. The van der Waals surface area contributed by atoms with Gasteiger partial charge in [0.05, 0.1) is 25.4 Å². The van der Waals surface area contributed by atoms with Gasteiger partial charge in [-0.05, 0) is 51.4 Å². The van der Waals surface area contributed by atoms with Crippen LogP contribution in [-0.4, -0.2) is 47.4 Å². The Bertz CT molecular complexity index is 920. The van der Waals surface area contributed by atoms with Gasteiger partial charge in [-0.25, -0.2) is 0 Å². The van der Waals surface area contributed by atoms with Crippen molar-refractivity contribution in [3.8, 4) is 0 Å². The molecule has 0 heterocycles. The summed E-state index contributed by atoms with van der Waals surface area (Å²) in [6, 6.07) is -0.553. The topological polar surface area (TPSA) is 95.9 Å². The number of esters is 1. The molecule has 0 aromatic heterocycles. The van der Waals surface area contributed by atoms with Crippen molar-refractivity contribution < 1.29 is 24.5 Å². The molecule has 348 valence electrons. The number of ether oxygens (including phenoxy) is 1. The van der Waals surface area contributed by atoms with Crippen molar-refractivity contribution in [3.05, 3.63) is 24.3 Å². The second kappa shape index (κ2) is 49.0. The van der Waals surface area contributed by atoms with Crippen molar-refractivity contribution in [2.24, 2.45) is 0 Å². The average molecular weight is 832 g/mol. The summed E-state index contributed by atoms with van der Waals surface area (Å²) in [5.74, 6) is -0.0742. The number of rotatable bonds is 48. The highest BCUT2D eigenvalue weighted by molar-refractivity contribution is 5.76. The van der Waals surface area contributed by atoms with Gasteiger partial charge in [-0.15, -0.1) is 0 Å². The van der Waals surface area contributed by atoms with Gasteiger partial charge >= 0.3 is 5.97 Å². The molecule has 0 rings (SSSR count). The standard InChI is InChI=1S/C53H101NO5/c1-3-5-7-9-11-13-15-17-19-20-21-25-29-33-37-41-45-51(56)50(49-55)54-52(57)46-42-38-34-30-26-23-24-28-32-36-40-44-48-59-53(58)47-43-39-35-31-27-22-18-16-14-12-10-8-6-4-2/h10,12,16,18,50-51,55-56H,3-9,11,13-15,17,19-49H2,1-2H3,(H,54,57)/b12-10-,18-16-. The maximum absolute atomic E-state index is 12.5. The molecular weight excluding hydrogens is 731 g/mol. The van der Waals surface area contributed by atoms with E-state index in [1.807, 2.05) is 0 Å². The molecule has 0 spiro atoms. The monoisotopic (exact) mass is 832 g/mol. The Kier molecular flexibility index (Phi) is 47.6. The first kappa shape index (κ1) is 57.3. The number of aliphatic hydroxyl groups is 2.